The third kappa shape index (κ3) is 3.39. The van der Waals surface area contributed by atoms with Crippen LogP contribution in [0.1, 0.15) is 12.8 Å². The molecule has 0 spiro atoms. The lowest BCUT2D eigenvalue weighted by atomic mass is 10.2. The first-order valence-corrected chi connectivity index (χ1v) is 5.42. The van der Waals surface area contributed by atoms with Crippen molar-refractivity contribution in [2.75, 3.05) is 20.2 Å². The van der Waals surface area contributed by atoms with Gasteiger partial charge < -0.3 is 25.6 Å². The minimum Gasteiger partial charge on any atom is -0.480 e. The second kappa shape index (κ2) is 5.95. The van der Waals surface area contributed by atoms with Gasteiger partial charge in [-0.2, -0.15) is 0 Å². The quantitative estimate of drug-likeness (QED) is 0.538. The number of hydrogen-bond acceptors (Lipinski definition) is 5. The number of hydrogen-bond donors (Lipinski definition) is 3. The van der Waals surface area contributed by atoms with Gasteiger partial charge in [0.15, 0.2) is 0 Å². The molecule has 1 heterocycles. The van der Waals surface area contributed by atoms with Gasteiger partial charge in [-0.1, -0.05) is 0 Å². The molecule has 7 nitrogen and oxygen atoms in total. The number of nitrogens with zero attached hydrogens (tertiary/aromatic N) is 1. The Balaban J connectivity index is 2.64. The zero-order valence-electron chi connectivity index (χ0n) is 9.70. The number of aliphatic carboxylic acids is 1. The zero-order valence-corrected chi connectivity index (χ0v) is 9.70. The number of nitrogens with two attached hydrogens (primary N) is 1. The van der Waals surface area contributed by atoms with Crippen LogP contribution in [0, 0.1) is 0 Å². The fraction of sp³-hybridized carbons (Fsp3) is 0.800. The SMILES string of the molecule is COC(CN)CC(=O)N1C[C@H](O)C[C@H]1C(=O)O. The van der Waals surface area contributed by atoms with Crippen molar-refractivity contribution in [1.82, 2.24) is 4.90 Å². The number of carboxylic acid groups (broad SMARTS) is 1. The van der Waals surface area contributed by atoms with E-state index >= 15 is 0 Å². The van der Waals surface area contributed by atoms with Crippen molar-refractivity contribution >= 4 is 11.9 Å². The van der Waals surface area contributed by atoms with Gasteiger partial charge in [0.1, 0.15) is 6.04 Å². The Morgan fingerprint density at radius 1 is 1.59 bits per heavy atom. The summed E-state index contributed by atoms with van der Waals surface area (Å²) in [6.07, 6.45) is -1.10. The molecule has 1 unspecified atom stereocenters. The van der Waals surface area contributed by atoms with Crippen LogP contribution >= 0.6 is 0 Å². The lowest BCUT2D eigenvalue weighted by Crippen LogP contribution is -2.42. The van der Waals surface area contributed by atoms with Crippen molar-refractivity contribution in [2.45, 2.75) is 31.1 Å². The molecule has 17 heavy (non-hydrogen) atoms. The monoisotopic (exact) mass is 246 g/mol. The minimum atomic E-state index is -1.10. The van der Waals surface area contributed by atoms with Gasteiger partial charge in [-0.3, -0.25) is 4.79 Å². The summed E-state index contributed by atoms with van der Waals surface area (Å²) in [4.78, 5) is 24.0. The molecule has 0 saturated carbocycles. The molecule has 1 aliphatic heterocycles. The Kier molecular flexibility index (Phi) is 4.86. The van der Waals surface area contributed by atoms with Gasteiger partial charge in [-0.05, 0) is 0 Å². The van der Waals surface area contributed by atoms with Gasteiger partial charge in [0.25, 0.3) is 0 Å². The number of carbonyl (C=O) groups excluding carboxylic acids is 1. The summed E-state index contributed by atoms with van der Waals surface area (Å²) in [5.74, 6) is -1.46. The molecule has 1 fully saturated rings. The van der Waals surface area contributed by atoms with E-state index in [0.717, 1.165) is 0 Å². The average molecular weight is 246 g/mol. The van der Waals surface area contributed by atoms with Crippen LogP contribution in [0.5, 0.6) is 0 Å². The van der Waals surface area contributed by atoms with Crippen molar-refractivity contribution < 1.29 is 24.5 Å². The van der Waals surface area contributed by atoms with Gasteiger partial charge in [0.2, 0.25) is 5.91 Å². The molecule has 0 aromatic carbocycles. The number of rotatable bonds is 5. The summed E-state index contributed by atoms with van der Waals surface area (Å²) in [6, 6.07) is -0.951. The summed E-state index contributed by atoms with van der Waals surface area (Å²) in [6.45, 7) is 0.243. The molecule has 0 aliphatic carbocycles. The second-order valence-corrected chi connectivity index (χ2v) is 4.09. The lowest BCUT2D eigenvalue weighted by Gasteiger charge is -2.23. The maximum absolute atomic E-state index is 11.8. The summed E-state index contributed by atoms with van der Waals surface area (Å²) in [5, 5.41) is 18.3. The number of β-amino-alcohol motifs (C(OH)–C–C–N with tert-alkyl or cyclic N) is 1. The first kappa shape index (κ1) is 13.9. The smallest absolute Gasteiger partial charge is 0.326 e. The molecule has 0 aromatic heterocycles. The van der Waals surface area contributed by atoms with Crippen LogP contribution in [0.25, 0.3) is 0 Å². The lowest BCUT2D eigenvalue weighted by molar-refractivity contribution is -0.149. The van der Waals surface area contributed by atoms with E-state index < -0.39 is 24.2 Å². The maximum Gasteiger partial charge on any atom is 0.326 e. The van der Waals surface area contributed by atoms with Gasteiger partial charge in [0, 0.05) is 26.6 Å². The Morgan fingerprint density at radius 3 is 2.71 bits per heavy atom. The molecule has 0 bridgehead atoms. The Bertz CT molecular complexity index is 292. The fourth-order valence-electron chi connectivity index (χ4n) is 1.90. The van der Waals surface area contributed by atoms with E-state index in [1.54, 1.807) is 0 Å². The fourth-order valence-corrected chi connectivity index (χ4v) is 1.90. The number of carboxylic acids is 1. The van der Waals surface area contributed by atoms with Gasteiger partial charge in [-0.15, -0.1) is 0 Å². The molecule has 98 valence electrons. The van der Waals surface area contributed by atoms with Crippen LogP contribution in [0.3, 0.4) is 0 Å². The van der Waals surface area contributed by atoms with Gasteiger partial charge in [-0.25, -0.2) is 4.79 Å². The van der Waals surface area contributed by atoms with Crippen molar-refractivity contribution in [3.63, 3.8) is 0 Å². The molecule has 1 rings (SSSR count). The number of ether oxygens (including phenoxy) is 1. The minimum absolute atomic E-state index is 0.0312. The molecular weight excluding hydrogens is 228 g/mol. The Labute approximate surface area is 99.1 Å². The average Bonchev–Trinajstić information content (AvgIpc) is 2.68. The number of amides is 1. The molecule has 1 amide bonds. The first-order chi connectivity index (χ1) is 7.99. The largest absolute Gasteiger partial charge is 0.480 e. The number of aliphatic hydroxyl groups is 1. The van der Waals surface area contributed by atoms with E-state index in [0.29, 0.717) is 0 Å². The maximum atomic E-state index is 11.8. The Morgan fingerprint density at radius 2 is 2.24 bits per heavy atom. The predicted molar refractivity (Wildman–Crippen MR) is 58.2 cm³/mol. The Hall–Kier alpha value is -1.18. The highest BCUT2D eigenvalue weighted by Gasteiger charge is 2.39. The van der Waals surface area contributed by atoms with E-state index in [9.17, 15) is 14.7 Å². The molecule has 0 radical (unpaired) electrons. The summed E-state index contributed by atoms with van der Waals surface area (Å²) < 4.78 is 4.97. The number of carbonyl (C=O) groups is 2. The zero-order chi connectivity index (χ0) is 13.0. The predicted octanol–water partition coefficient (Wildman–Crippen LogP) is -1.60. The topological polar surface area (TPSA) is 113 Å². The molecular formula is C10H18N2O5. The van der Waals surface area contributed by atoms with Crippen molar-refractivity contribution in [3.05, 3.63) is 0 Å². The summed E-state index contributed by atoms with van der Waals surface area (Å²) >= 11 is 0. The third-order valence-corrected chi connectivity index (χ3v) is 2.88. The van der Waals surface area contributed by atoms with E-state index in [-0.39, 0.29) is 31.8 Å². The molecule has 4 N–H and O–H groups in total. The highest BCUT2D eigenvalue weighted by Crippen LogP contribution is 2.19. The number of methoxy groups -OCH3 is 1. The van der Waals surface area contributed by atoms with E-state index in [4.69, 9.17) is 15.6 Å². The number of aliphatic hydroxyl groups excluding tert-OH is 1. The summed E-state index contributed by atoms with van der Waals surface area (Å²) in [7, 11) is 1.44. The van der Waals surface area contributed by atoms with E-state index in [1.165, 1.54) is 12.0 Å². The van der Waals surface area contributed by atoms with Crippen molar-refractivity contribution in [2.24, 2.45) is 5.73 Å². The van der Waals surface area contributed by atoms with Gasteiger partial charge >= 0.3 is 5.97 Å². The van der Waals surface area contributed by atoms with E-state index in [2.05, 4.69) is 0 Å². The van der Waals surface area contributed by atoms with Crippen LogP contribution in [-0.4, -0.2) is 65.4 Å². The van der Waals surface area contributed by atoms with E-state index in [1.807, 2.05) is 0 Å². The molecule has 7 heteroatoms. The molecule has 0 aromatic rings. The normalized spacial score (nSPS) is 25.9. The number of likely N-dealkylation sites (tertiary alicyclic amines) is 1. The standard InChI is InChI=1S/C10H18N2O5/c1-17-7(4-11)3-9(14)12-5-6(13)2-8(12)10(15)16/h6-8,13H,2-5,11H2,1H3,(H,15,16)/t6-,7?,8+/m1/s1. The van der Waals surface area contributed by atoms with Crippen molar-refractivity contribution in [3.8, 4) is 0 Å². The van der Waals surface area contributed by atoms with Crippen LogP contribution < -0.4 is 5.73 Å². The highest BCUT2D eigenvalue weighted by molar-refractivity contribution is 5.84. The molecule has 1 saturated heterocycles. The first-order valence-electron chi connectivity index (χ1n) is 5.42. The highest BCUT2D eigenvalue weighted by atomic mass is 16.5. The third-order valence-electron chi connectivity index (χ3n) is 2.88. The van der Waals surface area contributed by atoms with Crippen LogP contribution in [-0.2, 0) is 14.3 Å². The van der Waals surface area contributed by atoms with Crippen LogP contribution in [0.4, 0.5) is 0 Å². The van der Waals surface area contributed by atoms with Crippen LogP contribution in [0.2, 0.25) is 0 Å². The molecule has 1 aliphatic rings. The molecule has 3 atom stereocenters. The van der Waals surface area contributed by atoms with Gasteiger partial charge in [0.05, 0.1) is 18.6 Å². The second-order valence-electron chi connectivity index (χ2n) is 4.09. The van der Waals surface area contributed by atoms with Crippen molar-refractivity contribution in [1.29, 1.82) is 0 Å². The van der Waals surface area contributed by atoms with Crippen LogP contribution in [0.15, 0.2) is 0 Å². The summed E-state index contributed by atoms with van der Waals surface area (Å²) in [5.41, 5.74) is 5.39.